The summed E-state index contributed by atoms with van der Waals surface area (Å²) in [4.78, 5) is 23.8. The summed E-state index contributed by atoms with van der Waals surface area (Å²) in [5.41, 5.74) is 0.974. The van der Waals surface area contributed by atoms with Crippen LogP contribution in [0.3, 0.4) is 0 Å². The van der Waals surface area contributed by atoms with Crippen LogP contribution in [0.25, 0.3) is 0 Å². The molecule has 0 aromatic heterocycles. The van der Waals surface area contributed by atoms with Crippen molar-refractivity contribution in [3.63, 3.8) is 0 Å². The number of benzene rings is 2. The minimum absolute atomic E-state index is 0.221. The van der Waals surface area contributed by atoms with E-state index in [2.05, 4.69) is 5.32 Å². The van der Waals surface area contributed by atoms with Crippen LogP contribution in [-0.4, -0.2) is 25.1 Å². The standard InChI is InChI=1S/C19H19Cl2NO4/c1-2-3-11-25-19(24)13-7-9-14(10-8-13)22-17(23)12-26-16-6-4-5-15(20)18(16)21/h4-10H,2-3,11-12H2,1H3,(H,22,23). The summed E-state index contributed by atoms with van der Waals surface area (Å²) in [6.45, 7) is 2.20. The molecule has 26 heavy (non-hydrogen) atoms. The Morgan fingerprint density at radius 3 is 2.50 bits per heavy atom. The Kier molecular flexibility index (Phi) is 7.75. The van der Waals surface area contributed by atoms with Crippen LogP contribution < -0.4 is 10.1 Å². The number of unbranched alkanes of at least 4 members (excludes halogenated alkanes) is 1. The Balaban J connectivity index is 1.85. The number of hydrogen-bond acceptors (Lipinski definition) is 4. The molecule has 7 heteroatoms. The molecule has 0 spiro atoms. The van der Waals surface area contributed by atoms with Gasteiger partial charge >= 0.3 is 5.97 Å². The molecule has 0 atom stereocenters. The van der Waals surface area contributed by atoms with Crippen LogP contribution in [0.4, 0.5) is 5.69 Å². The third-order valence-electron chi connectivity index (χ3n) is 3.41. The van der Waals surface area contributed by atoms with E-state index in [0.717, 1.165) is 12.8 Å². The summed E-state index contributed by atoms with van der Waals surface area (Å²) in [5.74, 6) is -0.408. The fraction of sp³-hybridized carbons (Fsp3) is 0.263. The van der Waals surface area contributed by atoms with Gasteiger partial charge in [0.2, 0.25) is 0 Å². The molecule has 2 rings (SSSR count). The van der Waals surface area contributed by atoms with Crippen molar-refractivity contribution in [2.24, 2.45) is 0 Å². The molecule has 5 nitrogen and oxygen atoms in total. The highest BCUT2D eigenvalue weighted by molar-refractivity contribution is 6.42. The Labute approximate surface area is 162 Å². The van der Waals surface area contributed by atoms with Crippen molar-refractivity contribution in [2.75, 3.05) is 18.5 Å². The average Bonchev–Trinajstić information content (AvgIpc) is 2.63. The molecule has 0 aliphatic heterocycles. The lowest BCUT2D eigenvalue weighted by Crippen LogP contribution is -2.20. The highest BCUT2D eigenvalue weighted by Gasteiger charge is 2.10. The third kappa shape index (κ3) is 5.93. The van der Waals surface area contributed by atoms with Gasteiger partial charge in [0.25, 0.3) is 5.91 Å². The van der Waals surface area contributed by atoms with Crippen LogP contribution in [0.15, 0.2) is 42.5 Å². The SMILES string of the molecule is CCCCOC(=O)c1ccc(NC(=O)COc2cccc(Cl)c2Cl)cc1. The summed E-state index contributed by atoms with van der Waals surface area (Å²) in [6, 6.07) is 11.4. The van der Waals surface area contributed by atoms with E-state index >= 15 is 0 Å². The second-order valence-corrected chi connectivity index (χ2v) is 6.24. The van der Waals surface area contributed by atoms with Gasteiger partial charge in [-0.1, -0.05) is 42.6 Å². The van der Waals surface area contributed by atoms with Gasteiger partial charge in [0.15, 0.2) is 6.61 Å². The van der Waals surface area contributed by atoms with Gasteiger partial charge in [-0.15, -0.1) is 0 Å². The smallest absolute Gasteiger partial charge is 0.338 e. The van der Waals surface area contributed by atoms with E-state index in [1.165, 1.54) is 0 Å². The number of nitrogens with one attached hydrogen (secondary N) is 1. The van der Waals surface area contributed by atoms with E-state index < -0.39 is 0 Å². The van der Waals surface area contributed by atoms with Crippen molar-refractivity contribution >= 4 is 40.8 Å². The Morgan fingerprint density at radius 2 is 1.81 bits per heavy atom. The molecular weight excluding hydrogens is 377 g/mol. The fourth-order valence-electron chi connectivity index (χ4n) is 2.02. The molecule has 0 saturated heterocycles. The first kappa shape index (κ1) is 20.1. The van der Waals surface area contributed by atoms with Crippen molar-refractivity contribution in [2.45, 2.75) is 19.8 Å². The maximum atomic E-state index is 12.0. The summed E-state index contributed by atoms with van der Waals surface area (Å²) in [5, 5.41) is 3.28. The number of hydrogen-bond donors (Lipinski definition) is 1. The lowest BCUT2D eigenvalue weighted by Gasteiger charge is -2.10. The molecule has 2 aromatic rings. The minimum Gasteiger partial charge on any atom is -0.482 e. The first-order chi connectivity index (χ1) is 12.5. The molecule has 138 valence electrons. The zero-order chi connectivity index (χ0) is 18.9. The summed E-state index contributed by atoms with van der Waals surface area (Å²) in [6.07, 6.45) is 1.79. The monoisotopic (exact) mass is 395 g/mol. The van der Waals surface area contributed by atoms with E-state index in [1.807, 2.05) is 6.92 Å². The molecule has 1 amide bonds. The molecule has 0 bridgehead atoms. The molecule has 0 aliphatic rings. The van der Waals surface area contributed by atoms with Crippen molar-refractivity contribution in [3.05, 3.63) is 58.1 Å². The Morgan fingerprint density at radius 1 is 1.08 bits per heavy atom. The average molecular weight is 396 g/mol. The molecule has 0 heterocycles. The Hall–Kier alpha value is -2.24. The maximum Gasteiger partial charge on any atom is 0.338 e. The third-order valence-corrected chi connectivity index (χ3v) is 4.21. The van der Waals surface area contributed by atoms with Gasteiger partial charge < -0.3 is 14.8 Å². The summed E-state index contributed by atoms with van der Waals surface area (Å²) < 4.78 is 10.5. The number of carbonyl (C=O) groups is 2. The lowest BCUT2D eigenvalue weighted by atomic mass is 10.2. The van der Waals surface area contributed by atoms with Crippen LogP contribution in [0, 0.1) is 0 Å². The molecule has 0 fully saturated rings. The zero-order valence-corrected chi connectivity index (χ0v) is 15.8. The van der Waals surface area contributed by atoms with Crippen LogP contribution in [0.1, 0.15) is 30.1 Å². The molecule has 1 N–H and O–H groups in total. The van der Waals surface area contributed by atoms with Crippen LogP contribution in [0.2, 0.25) is 10.0 Å². The van der Waals surface area contributed by atoms with Crippen molar-refractivity contribution in [1.82, 2.24) is 0 Å². The predicted molar refractivity (Wildman–Crippen MR) is 102 cm³/mol. The molecule has 0 saturated carbocycles. The van der Waals surface area contributed by atoms with Gasteiger partial charge in [-0.25, -0.2) is 4.79 Å². The number of rotatable bonds is 8. The van der Waals surface area contributed by atoms with Gasteiger partial charge in [-0.05, 0) is 42.8 Å². The lowest BCUT2D eigenvalue weighted by molar-refractivity contribution is -0.118. The number of halogens is 2. The van der Waals surface area contributed by atoms with E-state index in [0.29, 0.717) is 28.6 Å². The van der Waals surface area contributed by atoms with E-state index in [4.69, 9.17) is 32.7 Å². The second-order valence-electron chi connectivity index (χ2n) is 5.46. The van der Waals surface area contributed by atoms with Gasteiger partial charge in [0, 0.05) is 5.69 Å². The quantitative estimate of drug-likeness (QED) is 0.506. The van der Waals surface area contributed by atoms with Crippen LogP contribution in [-0.2, 0) is 9.53 Å². The summed E-state index contributed by atoms with van der Waals surface area (Å²) in [7, 11) is 0. The zero-order valence-electron chi connectivity index (χ0n) is 14.3. The molecular formula is C19H19Cl2NO4. The van der Waals surface area contributed by atoms with E-state index in [1.54, 1.807) is 42.5 Å². The molecule has 0 aliphatic carbocycles. The largest absolute Gasteiger partial charge is 0.482 e. The minimum atomic E-state index is -0.379. The topological polar surface area (TPSA) is 64.6 Å². The number of amides is 1. The van der Waals surface area contributed by atoms with Gasteiger partial charge in [0.1, 0.15) is 10.8 Å². The normalized spacial score (nSPS) is 10.3. The maximum absolute atomic E-state index is 12.0. The van der Waals surface area contributed by atoms with Gasteiger partial charge in [-0.2, -0.15) is 0 Å². The first-order valence-corrected chi connectivity index (χ1v) is 8.90. The Bertz CT molecular complexity index is 763. The van der Waals surface area contributed by atoms with Crippen LogP contribution in [0.5, 0.6) is 5.75 Å². The van der Waals surface area contributed by atoms with Crippen molar-refractivity contribution in [1.29, 1.82) is 0 Å². The van der Waals surface area contributed by atoms with Crippen LogP contribution >= 0.6 is 23.2 Å². The molecule has 0 radical (unpaired) electrons. The highest BCUT2D eigenvalue weighted by Crippen LogP contribution is 2.31. The van der Waals surface area contributed by atoms with Crippen molar-refractivity contribution < 1.29 is 19.1 Å². The molecule has 0 unspecified atom stereocenters. The fourth-order valence-corrected chi connectivity index (χ4v) is 2.36. The number of esters is 1. The second kappa shape index (κ2) is 10.0. The van der Waals surface area contributed by atoms with Gasteiger partial charge in [0.05, 0.1) is 17.2 Å². The van der Waals surface area contributed by atoms with E-state index in [9.17, 15) is 9.59 Å². The van der Waals surface area contributed by atoms with Crippen molar-refractivity contribution in [3.8, 4) is 5.75 Å². The highest BCUT2D eigenvalue weighted by atomic mass is 35.5. The number of carbonyl (C=O) groups excluding carboxylic acids is 2. The number of anilines is 1. The van der Waals surface area contributed by atoms with E-state index in [-0.39, 0.29) is 23.5 Å². The predicted octanol–water partition coefficient (Wildman–Crippen LogP) is 4.97. The van der Waals surface area contributed by atoms with Gasteiger partial charge in [-0.3, -0.25) is 4.79 Å². The number of ether oxygens (including phenoxy) is 2. The summed E-state index contributed by atoms with van der Waals surface area (Å²) >= 11 is 11.9. The first-order valence-electron chi connectivity index (χ1n) is 8.15. The molecule has 2 aromatic carbocycles.